The van der Waals surface area contributed by atoms with Gasteiger partial charge in [-0.15, -0.1) is 0 Å². The molecule has 0 saturated carbocycles. The van der Waals surface area contributed by atoms with Crippen LogP contribution in [0.5, 0.6) is 5.75 Å². The molecule has 0 aliphatic carbocycles. The van der Waals surface area contributed by atoms with Gasteiger partial charge < -0.3 is 30.2 Å². The fraction of sp³-hybridized carbons (Fsp3) is 0.250. The molecule has 4 N–H and O–H groups in total. The van der Waals surface area contributed by atoms with E-state index < -0.39 is 17.4 Å². The Balaban J connectivity index is 1.36. The highest BCUT2D eigenvalue weighted by Gasteiger charge is 2.52. The molecular formula is C32H33N3O5. The molecule has 1 aliphatic heterocycles. The summed E-state index contributed by atoms with van der Waals surface area (Å²) < 4.78 is 5.38. The third-order valence-corrected chi connectivity index (χ3v) is 7.43. The van der Waals surface area contributed by atoms with Gasteiger partial charge in [0.25, 0.3) is 5.91 Å². The number of aliphatic hydroxyl groups excluding tert-OH is 1. The van der Waals surface area contributed by atoms with E-state index in [4.69, 9.17) is 9.84 Å². The fourth-order valence-corrected chi connectivity index (χ4v) is 5.31. The number of aromatic amines is 1. The first-order chi connectivity index (χ1) is 19.3. The molecule has 2 amide bonds. The third-order valence-electron chi connectivity index (χ3n) is 7.43. The van der Waals surface area contributed by atoms with Gasteiger partial charge in [0, 0.05) is 40.9 Å². The fourth-order valence-electron chi connectivity index (χ4n) is 5.31. The van der Waals surface area contributed by atoms with Gasteiger partial charge >= 0.3 is 0 Å². The van der Waals surface area contributed by atoms with Crippen molar-refractivity contribution in [3.63, 3.8) is 0 Å². The van der Waals surface area contributed by atoms with Crippen molar-refractivity contribution in [1.29, 1.82) is 0 Å². The minimum Gasteiger partial charge on any atom is -0.497 e. The molecule has 1 aromatic heterocycles. The van der Waals surface area contributed by atoms with Crippen molar-refractivity contribution in [3.8, 4) is 5.75 Å². The number of anilines is 2. The Kier molecular flexibility index (Phi) is 7.73. The van der Waals surface area contributed by atoms with Gasteiger partial charge in [-0.2, -0.15) is 0 Å². The molecule has 206 valence electrons. The summed E-state index contributed by atoms with van der Waals surface area (Å²) >= 11 is 0. The molecule has 8 nitrogen and oxygen atoms in total. The molecule has 4 aromatic rings. The number of para-hydroxylation sites is 1. The lowest BCUT2D eigenvalue weighted by atomic mass is 9.83. The number of H-pyrrole nitrogens is 1. The number of carbonyl (C=O) groups is 2. The number of hydrogen-bond donors (Lipinski definition) is 4. The molecule has 2 atom stereocenters. The quantitative estimate of drug-likeness (QED) is 0.219. The number of aromatic nitrogens is 1. The van der Waals surface area contributed by atoms with E-state index in [1.54, 1.807) is 42.2 Å². The van der Waals surface area contributed by atoms with Gasteiger partial charge in [0.2, 0.25) is 5.91 Å². The molecule has 0 spiro atoms. The van der Waals surface area contributed by atoms with Crippen LogP contribution in [0.3, 0.4) is 0 Å². The van der Waals surface area contributed by atoms with Gasteiger partial charge in [-0.1, -0.05) is 49.4 Å². The zero-order chi connectivity index (χ0) is 28.3. The highest BCUT2D eigenvalue weighted by molar-refractivity contribution is 6.07. The topological polar surface area (TPSA) is 115 Å². The maximum atomic E-state index is 13.8. The van der Waals surface area contributed by atoms with Gasteiger partial charge in [-0.3, -0.25) is 9.59 Å². The lowest BCUT2D eigenvalue weighted by Crippen LogP contribution is -2.44. The molecule has 2 heterocycles. The average molecular weight is 540 g/mol. The summed E-state index contributed by atoms with van der Waals surface area (Å²) in [6.07, 6.45) is 6.03. The highest BCUT2D eigenvalue weighted by Crippen LogP contribution is 2.47. The molecule has 0 radical (unpaired) electrons. The molecule has 3 aromatic carbocycles. The summed E-state index contributed by atoms with van der Waals surface area (Å²) in [4.78, 5) is 31.4. The minimum atomic E-state index is -1.79. The van der Waals surface area contributed by atoms with Crippen LogP contribution < -0.4 is 15.0 Å². The number of methoxy groups -OCH3 is 1. The van der Waals surface area contributed by atoms with Crippen LogP contribution >= 0.6 is 0 Å². The Hall–Kier alpha value is -4.40. The maximum absolute atomic E-state index is 13.8. The normalized spacial score (nSPS) is 17.4. The summed E-state index contributed by atoms with van der Waals surface area (Å²) in [7, 11) is 1.54. The molecule has 0 bridgehead atoms. The Morgan fingerprint density at radius 2 is 1.98 bits per heavy atom. The summed E-state index contributed by atoms with van der Waals surface area (Å²) in [5.74, 6) is -0.587. The van der Waals surface area contributed by atoms with Crippen LogP contribution in [-0.2, 0) is 28.2 Å². The van der Waals surface area contributed by atoms with E-state index in [0.717, 1.165) is 22.0 Å². The molecule has 8 heteroatoms. The van der Waals surface area contributed by atoms with E-state index >= 15 is 0 Å². The molecule has 1 aliphatic rings. The van der Waals surface area contributed by atoms with Gasteiger partial charge in [0.1, 0.15) is 5.75 Å². The van der Waals surface area contributed by atoms with Gasteiger partial charge in [0.05, 0.1) is 25.8 Å². The SMILES string of the molecule is COc1ccc2c(c1)[C@](O)([C@@H](C)/C=C/CCO)C(=O)N2Cc1cccc(NC(=O)Cc2c[nH]c3ccccc23)c1. The number of rotatable bonds is 10. The van der Waals surface area contributed by atoms with Crippen molar-refractivity contribution < 1.29 is 24.5 Å². The maximum Gasteiger partial charge on any atom is 0.264 e. The Labute approximate surface area is 232 Å². The van der Waals surface area contributed by atoms with Crippen LogP contribution in [0.1, 0.15) is 30.0 Å². The second-order valence-electron chi connectivity index (χ2n) is 10.1. The van der Waals surface area contributed by atoms with Crippen LogP contribution in [0.4, 0.5) is 11.4 Å². The minimum absolute atomic E-state index is 0.0131. The van der Waals surface area contributed by atoms with Crippen molar-refractivity contribution >= 4 is 34.1 Å². The number of aliphatic hydroxyl groups is 2. The molecule has 5 rings (SSSR count). The molecule has 0 fully saturated rings. The summed E-state index contributed by atoms with van der Waals surface area (Å²) in [6.45, 7) is 1.98. The van der Waals surface area contributed by atoms with Crippen LogP contribution in [-0.4, -0.2) is 40.7 Å². The zero-order valence-corrected chi connectivity index (χ0v) is 22.6. The first-order valence-corrected chi connectivity index (χ1v) is 13.3. The zero-order valence-electron chi connectivity index (χ0n) is 22.6. The number of amides is 2. The van der Waals surface area contributed by atoms with E-state index in [-0.39, 0.29) is 25.5 Å². The standard InChI is InChI=1S/C32H33N3O5/c1-21(8-5-6-15-36)32(39)27-18-25(40-2)13-14-29(27)35(31(32)38)20-22-9-7-10-24(16-22)34-30(37)17-23-19-33-28-12-4-3-11-26(23)28/h3-5,7-14,16,18-19,21,33,36,39H,6,15,17,20H2,1-2H3,(H,34,37)/b8-5+/t21-,32+/m0/s1. The number of benzene rings is 3. The predicted octanol–water partition coefficient (Wildman–Crippen LogP) is 4.67. The van der Waals surface area contributed by atoms with Crippen molar-refractivity contribution in [2.45, 2.75) is 31.9 Å². The van der Waals surface area contributed by atoms with Crippen molar-refractivity contribution in [2.75, 3.05) is 23.9 Å². The largest absolute Gasteiger partial charge is 0.497 e. The van der Waals surface area contributed by atoms with Crippen molar-refractivity contribution in [1.82, 2.24) is 4.98 Å². The van der Waals surface area contributed by atoms with E-state index in [2.05, 4.69) is 10.3 Å². The monoisotopic (exact) mass is 539 g/mol. The predicted molar refractivity (Wildman–Crippen MR) is 155 cm³/mol. The van der Waals surface area contributed by atoms with E-state index in [9.17, 15) is 14.7 Å². The number of nitrogens with zero attached hydrogens (tertiary/aromatic N) is 1. The third kappa shape index (κ3) is 5.11. The van der Waals surface area contributed by atoms with Crippen LogP contribution in [0, 0.1) is 5.92 Å². The first-order valence-electron chi connectivity index (χ1n) is 13.3. The van der Waals surface area contributed by atoms with Crippen LogP contribution in [0.25, 0.3) is 10.9 Å². The Bertz CT molecular complexity index is 1580. The lowest BCUT2D eigenvalue weighted by Gasteiger charge is -2.28. The Morgan fingerprint density at radius 1 is 1.15 bits per heavy atom. The molecule has 40 heavy (non-hydrogen) atoms. The average Bonchev–Trinajstić information content (AvgIpc) is 3.46. The lowest BCUT2D eigenvalue weighted by molar-refractivity contribution is -0.139. The number of hydrogen-bond acceptors (Lipinski definition) is 5. The molecular weight excluding hydrogens is 506 g/mol. The second kappa shape index (κ2) is 11.4. The number of ether oxygens (including phenoxy) is 1. The highest BCUT2D eigenvalue weighted by atomic mass is 16.5. The van der Waals surface area contributed by atoms with Crippen molar-refractivity contribution in [3.05, 3.63) is 102 Å². The van der Waals surface area contributed by atoms with Gasteiger partial charge in [0.15, 0.2) is 5.60 Å². The number of fused-ring (bicyclic) bond motifs is 2. The summed E-state index contributed by atoms with van der Waals surface area (Å²) in [6, 6.07) is 20.5. The number of carbonyl (C=O) groups excluding carboxylic acids is 2. The molecule has 0 saturated heterocycles. The van der Waals surface area contributed by atoms with E-state index in [1.807, 2.05) is 54.7 Å². The van der Waals surface area contributed by atoms with Gasteiger partial charge in [-0.05, 0) is 53.9 Å². The van der Waals surface area contributed by atoms with E-state index in [0.29, 0.717) is 29.1 Å². The first kappa shape index (κ1) is 27.2. The van der Waals surface area contributed by atoms with Crippen LogP contribution in [0.2, 0.25) is 0 Å². The summed E-state index contributed by atoms with van der Waals surface area (Å²) in [5, 5.41) is 24.9. The Morgan fingerprint density at radius 3 is 2.77 bits per heavy atom. The smallest absolute Gasteiger partial charge is 0.264 e. The van der Waals surface area contributed by atoms with E-state index in [1.165, 1.54) is 7.11 Å². The second-order valence-corrected chi connectivity index (χ2v) is 10.1. The van der Waals surface area contributed by atoms with Crippen molar-refractivity contribution in [2.24, 2.45) is 5.92 Å². The van der Waals surface area contributed by atoms with Gasteiger partial charge in [-0.25, -0.2) is 0 Å². The number of nitrogens with one attached hydrogen (secondary N) is 2. The summed E-state index contributed by atoms with van der Waals surface area (Å²) in [5.41, 5.74) is 2.61. The molecule has 0 unspecified atom stereocenters. The van der Waals surface area contributed by atoms with Crippen LogP contribution in [0.15, 0.2) is 85.1 Å².